The second-order valence-corrected chi connectivity index (χ2v) is 5.29. The maximum Gasteiger partial charge on any atom is 0.158 e. The SMILES string of the molecule is O=C1CCC/C1=C\c1ccc(OCc2ccccc2)cc1. The van der Waals surface area contributed by atoms with Crippen LogP contribution < -0.4 is 4.74 Å². The van der Waals surface area contributed by atoms with Crippen LogP contribution in [0.25, 0.3) is 6.08 Å². The van der Waals surface area contributed by atoms with Crippen LogP contribution in [0.3, 0.4) is 0 Å². The Kier molecular flexibility index (Phi) is 4.15. The van der Waals surface area contributed by atoms with E-state index in [0.29, 0.717) is 18.8 Å². The summed E-state index contributed by atoms with van der Waals surface area (Å²) in [5.74, 6) is 1.14. The number of ether oxygens (including phenoxy) is 1. The number of carbonyl (C=O) groups excluding carboxylic acids is 1. The highest BCUT2D eigenvalue weighted by atomic mass is 16.5. The fraction of sp³-hybridized carbons (Fsp3) is 0.211. The minimum absolute atomic E-state index is 0.291. The Hall–Kier alpha value is -2.35. The molecule has 1 aliphatic carbocycles. The number of carbonyl (C=O) groups is 1. The first-order chi connectivity index (χ1) is 10.3. The van der Waals surface area contributed by atoms with Gasteiger partial charge in [0.25, 0.3) is 0 Å². The molecule has 21 heavy (non-hydrogen) atoms. The van der Waals surface area contributed by atoms with Gasteiger partial charge in [0.15, 0.2) is 5.78 Å². The average Bonchev–Trinajstić information content (AvgIpc) is 2.93. The highest BCUT2D eigenvalue weighted by molar-refractivity contribution is 6.01. The number of Topliss-reactive ketones (excluding diaryl/α,β-unsaturated/α-hetero) is 1. The first-order valence-corrected chi connectivity index (χ1v) is 7.32. The van der Waals surface area contributed by atoms with Crippen molar-refractivity contribution in [3.05, 3.63) is 71.3 Å². The predicted octanol–water partition coefficient (Wildman–Crippen LogP) is 4.40. The van der Waals surface area contributed by atoms with Crippen LogP contribution in [0, 0.1) is 0 Å². The number of hydrogen-bond donors (Lipinski definition) is 0. The molecule has 2 nitrogen and oxygen atoms in total. The molecule has 2 heteroatoms. The molecule has 0 N–H and O–H groups in total. The van der Waals surface area contributed by atoms with Crippen molar-refractivity contribution in [2.45, 2.75) is 25.9 Å². The minimum Gasteiger partial charge on any atom is -0.489 e. The molecule has 0 saturated heterocycles. The third-order valence-corrected chi connectivity index (χ3v) is 3.68. The first-order valence-electron chi connectivity index (χ1n) is 7.32. The summed E-state index contributed by atoms with van der Waals surface area (Å²) in [4.78, 5) is 11.6. The molecular formula is C19H18O2. The van der Waals surface area contributed by atoms with E-state index in [4.69, 9.17) is 4.74 Å². The van der Waals surface area contributed by atoms with E-state index >= 15 is 0 Å². The van der Waals surface area contributed by atoms with Gasteiger partial charge in [-0.15, -0.1) is 0 Å². The molecule has 0 heterocycles. The van der Waals surface area contributed by atoms with Crippen molar-refractivity contribution >= 4 is 11.9 Å². The van der Waals surface area contributed by atoms with E-state index in [1.165, 1.54) is 0 Å². The lowest BCUT2D eigenvalue weighted by atomic mass is 10.1. The van der Waals surface area contributed by atoms with Gasteiger partial charge < -0.3 is 4.74 Å². The summed E-state index contributed by atoms with van der Waals surface area (Å²) in [6.45, 7) is 0.569. The van der Waals surface area contributed by atoms with Crippen molar-refractivity contribution < 1.29 is 9.53 Å². The number of rotatable bonds is 4. The highest BCUT2D eigenvalue weighted by Gasteiger charge is 2.16. The van der Waals surface area contributed by atoms with Gasteiger partial charge in [0, 0.05) is 6.42 Å². The molecule has 0 radical (unpaired) electrons. The van der Waals surface area contributed by atoms with Gasteiger partial charge in [-0.2, -0.15) is 0 Å². The van der Waals surface area contributed by atoms with E-state index in [1.54, 1.807) is 0 Å². The summed E-state index contributed by atoms with van der Waals surface area (Å²) in [7, 11) is 0. The minimum atomic E-state index is 0.291. The molecule has 1 aliphatic rings. The zero-order chi connectivity index (χ0) is 14.5. The summed E-state index contributed by atoms with van der Waals surface area (Å²) in [6.07, 6.45) is 4.59. The Balaban J connectivity index is 1.63. The van der Waals surface area contributed by atoms with Crippen LogP contribution in [-0.4, -0.2) is 5.78 Å². The smallest absolute Gasteiger partial charge is 0.158 e. The lowest BCUT2D eigenvalue weighted by Gasteiger charge is -2.06. The Morgan fingerprint density at radius 2 is 1.71 bits per heavy atom. The lowest BCUT2D eigenvalue weighted by Crippen LogP contribution is -1.95. The maximum absolute atomic E-state index is 11.6. The predicted molar refractivity (Wildman–Crippen MR) is 84.1 cm³/mol. The standard InChI is InChI=1S/C19H18O2/c20-19-8-4-7-17(19)13-15-9-11-18(12-10-15)21-14-16-5-2-1-3-6-16/h1-3,5-6,9-13H,4,7-8,14H2/b17-13+. The van der Waals surface area contributed by atoms with Gasteiger partial charge in [-0.25, -0.2) is 0 Å². The normalized spacial score (nSPS) is 16.4. The zero-order valence-electron chi connectivity index (χ0n) is 11.9. The molecule has 1 saturated carbocycles. The monoisotopic (exact) mass is 278 g/mol. The Morgan fingerprint density at radius 1 is 0.952 bits per heavy atom. The summed E-state index contributed by atoms with van der Waals surface area (Å²) >= 11 is 0. The van der Waals surface area contributed by atoms with E-state index in [-0.39, 0.29) is 0 Å². The molecule has 0 unspecified atom stereocenters. The molecule has 0 amide bonds. The largest absolute Gasteiger partial charge is 0.489 e. The van der Waals surface area contributed by atoms with Crippen LogP contribution in [0.15, 0.2) is 60.2 Å². The third kappa shape index (κ3) is 3.60. The summed E-state index contributed by atoms with van der Waals surface area (Å²) in [5.41, 5.74) is 3.17. The fourth-order valence-corrected chi connectivity index (χ4v) is 2.49. The van der Waals surface area contributed by atoms with Gasteiger partial charge in [-0.05, 0) is 47.8 Å². The number of ketones is 1. The van der Waals surface area contributed by atoms with Gasteiger partial charge >= 0.3 is 0 Å². The van der Waals surface area contributed by atoms with Gasteiger partial charge in [-0.1, -0.05) is 42.5 Å². The molecule has 0 spiro atoms. The van der Waals surface area contributed by atoms with Crippen LogP contribution >= 0.6 is 0 Å². The number of allylic oxidation sites excluding steroid dienone is 1. The number of benzene rings is 2. The molecule has 1 fully saturated rings. The Labute approximate surface area is 125 Å². The molecule has 2 aromatic carbocycles. The van der Waals surface area contributed by atoms with Crippen molar-refractivity contribution in [2.24, 2.45) is 0 Å². The molecule has 0 aliphatic heterocycles. The van der Waals surface area contributed by atoms with Crippen molar-refractivity contribution in [2.75, 3.05) is 0 Å². The topological polar surface area (TPSA) is 26.3 Å². The van der Waals surface area contributed by atoms with Crippen LogP contribution in [0.2, 0.25) is 0 Å². The number of hydrogen-bond acceptors (Lipinski definition) is 2. The quantitative estimate of drug-likeness (QED) is 0.775. The van der Waals surface area contributed by atoms with Gasteiger partial charge in [0.05, 0.1) is 0 Å². The molecule has 0 aromatic heterocycles. The van der Waals surface area contributed by atoms with E-state index in [1.807, 2.05) is 60.7 Å². The maximum atomic E-state index is 11.6. The van der Waals surface area contributed by atoms with Gasteiger partial charge in [0.1, 0.15) is 12.4 Å². The Morgan fingerprint density at radius 3 is 2.38 bits per heavy atom. The third-order valence-electron chi connectivity index (χ3n) is 3.68. The second-order valence-electron chi connectivity index (χ2n) is 5.29. The lowest BCUT2D eigenvalue weighted by molar-refractivity contribution is -0.114. The van der Waals surface area contributed by atoms with Gasteiger partial charge in [-0.3, -0.25) is 4.79 Å². The van der Waals surface area contributed by atoms with E-state index in [9.17, 15) is 4.79 Å². The molecule has 106 valence electrons. The van der Waals surface area contributed by atoms with Crippen molar-refractivity contribution in [1.29, 1.82) is 0 Å². The van der Waals surface area contributed by atoms with Crippen molar-refractivity contribution in [3.8, 4) is 5.75 Å². The molecule has 3 rings (SSSR count). The Bertz CT molecular complexity index is 639. The zero-order valence-corrected chi connectivity index (χ0v) is 11.9. The van der Waals surface area contributed by atoms with Crippen LogP contribution in [-0.2, 0) is 11.4 Å². The summed E-state index contributed by atoms with van der Waals surface area (Å²) in [5, 5.41) is 0. The van der Waals surface area contributed by atoms with Crippen molar-refractivity contribution in [3.63, 3.8) is 0 Å². The van der Waals surface area contributed by atoms with Gasteiger partial charge in [0.2, 0.25) is 0 Å². The fourth-order valence-electron chi connectivity index (χ4n) is 2.49. The van der Waals surface area contributed by atoms with Crippen LogP contribution in [0.5, 0.6) is 5.75 Å². The van der Waals surface area contributed by atoms with E-state index < -0.39 is 0 Å². The summed E-state index contributed by atoms with van der Waals surface area (Å²) < 4.78 is 5.75. The van der Waals surface area contributed by atoms with Crippen molar-refractivity contribution in [1.82, 2.24) is 0 Å². The average molecular weight is 278 g/mol. The molecule has 0 atom stereocenters. The highest BCUT2D eigenvalue weighted by Crippen LogP contribution is 2.23. The first kappa shape index (κ1) is 13.6. The van der Waals surface area contributed by atoms with E-state index in [2.05, 4.69) is 0 Å². The van der Waals surface area contributed by atoms with E-state index in [0.717, 1.165) is 35.3 Å². The molecule has 0 bridgehead atoms. The molecular weight excluding hydrogens is 260 g/mol. The van der Waals surface area contributed by atoms with Crippen LogP contribution in [0.4, 0.5) is 0 Å². The molecule has 2 aromatic rings. The van der Waals surface area contributed by atoms with Crippen LogP contribution in [0.1, 0.15) is 30.4 Å². The second kappa shape index (κ2) is 6.40. The summed E-state index contributed by atoms with van der Waals surface area (Å²) in [6, 6.07) is 18.0.